The summed E-state index contributed by atoms with van der Waals surface area (Å²) < 4.78 is 12.9. The summed E-state index contributed by atoms with van der Waals surface area (Å²) in [6.07, 6.45) is 1.73. The SMILES string of the molecule is CNC(c1ccc(F)cc1)c1cc(C)cnc1N. The maximum atomic E-state index is 12.9. The van der Waals surface area contributed by atoms with Gasteiger partial charge < -0.3 is 11.1 Å². The van der Waals surface area contributed by atoms with Gasteiger partial charge in [0.05, 0.1) is 6.04 Å². The molecule has 1 aromatic carbocycles. The minimum atomic E-state index is -0.246. The Balaban J connectivity index is 2.44. The van der Waals surface area contributed by atoms with Crippen LogP contribution in [0, 0.1) is 12.7 Å². The van der Waals surface area contributed by atoms with Crippen LogP contribution in [0.25, 0.3) is 0 Å². The normalized spacial score (nSPS) is 12.4. The molecule has 0 saturated carbocycles. The Morgan fingerprint density at radius 3 is 2.56 bits per heavy atom. The molecule has 3 N–H and O–H groups in total. The Labute approximate surface area is 106 Å². The van der Waals surface area contributed by atoms with Gasteiger partial charge in [0.15, 0.2) is 0 Å². The molecular weight excluding hydrogens is 229 g/mol. The largest absolute Gasteiger partial charge is 0.383 e. The van der Waals surface area contributed by atoms with Crippen molar-refractivity contribution in [3.63, 3.8) is 0 Å². The molecule has 0 amide bonds. The molecule has 0 aliphatic heterocycles. The molecule has 2 rings (SSSR count). The quantitative estimate of drug-likeness (QED) is 0.873. The lowest BCUT2D eigenvalue weighted by atomic mass is 9.98. The summed E-state index contributed by atoms with van der Waals surface area (Å²) in [7, 11) is 1.84. The van der Waals surface area contributed by atoms with E-state index in [1.807, 2.05) is 20.0 Å². The second-order valence-corrected chi connectivity index (χ2v) is 4.26. The predicted octanol–water partition coefficient (Wildman–Crippen LogP) is 2.42. The maximum Gasteiger partial charge on any atom is 0.128 e. The summed E-state index contributed by atoms with van der Waals surface area (Å²) >= 11 is 0. The average Bonchev–Trinajstić information content (AvgIpc) is 2.37. The summed E-state index contributed by atoms with van der Waals surface area (Å²) in [5.41, 5.74) is 8.81. The molecule has 1 heterocycles. The monoisotopic (exact) mass is 245 g/mol. The zero-order valence-corrected chi connectivity index (χ0v) is 10.4. The molecule has 94 valence electrons. The van der Waals surface area contributed by atoms with Gasteiger partial charge in [-0.2, -0.15) is 0 Å². The van der Waals surface area contributed by atoms with Crippen LogP contribution >= 0.6 is 0 Å². The molecule has 0 aliphatic rings. The van der Waals surface area contributed by atoms with E-state index in [0.717, 1.165) is 16.7 Å². The average molecular weight is 245 g/mol. The van der Waals surface area contributed by atoms with Gasteiger partial charge in [0.1, 0.15) is 11.6 Å². The molecule has 0 radical (unpaired) electrons. The first-order valence-electron chi connectivity index (χ1n) is 5.76. The van der Waals surface area contributed by atoms with E-state index in [1.165, 1.54) is 12.1 Å². The molecule has 0 bridgehead atoms. The number of nitrogen functional groups attached to an aromatic ring is 1. The van der Waals surface area contributed by atoms with Crippen LogP contribution in [0.3, 0.4) is 0 Å². The van der Waals surface area contributed by atoms with Crippen LogP contribution in [0.2, 0.25) is 0 Å². The van der Waals surface area contributed by atoms with E-state index in [-0.39, 0.29) is 11.9 Å². The van der Waals surface area contributed by atoms with E-state index in [2.05, 4.69) is 10.3 Å². The van der Waals surface area contributed by atoms with Crippen LogP contribution in [0.1, 0.15) is 22.7 Å². The number of nitrogens with zero attached hydrogens (tertiary/aromatic N) is 1. The fraction of sp³-hybridized carbons (Fsp3) is 0.214. The molecule has 18 heavy (non-hydrogen) atoms. The molecule has 0 fully saturated rings. The van der Waals surface area contributed by atoms with E-state index in [0.29, 0.717) is 5.82 Å². The summed E-state index contributed by atoms with van der Waals surface area (Å²) in [4.78, 5) is 4.15. The number of pyridine rings is 1. The molecule has 1 atom stereocenters. The van der Waals surface area contributed by atoms with E-state index in [1.54, 1.807) is 18.3 Å². The number of hydrogen-bond donors (Lipinski definition) is 2. The van der Waals surface area contributed by atoms with Crippen LogP contribution in [0.15, 0.2) is 36.5 Å². The third-order valence-corrected chi connectivity index (χ3v) is 2.89. The van der Waals surface area contributed by atoms with Gasteiger partial charge in [0, 0.05) is 11.8 Å². The van der Waals surface area contributed by atoms with E-state index in [4.69, 9.17) is 5.73 Å². The van der Waals surface area contributed by atoms with Gasteiger partial charge in [0.25, 0.3) is 0 Å². The van der Waals surface area contributed by atoms with E-state index >= 15 is 0 Å². The van der Waals surface area contributed by atoms with Crippen LogP contribution in [-0.2, 0) is 0 Å². The zero-order valence-electron chi connectivity index (χ0n) is 10.4. The van der Waals surface area contributed by atoms with Gasteiger partial charge in [0.2, 0.25) is 0 Å². The summed E-state index contributed by atoms with van der Waals surface area (Å²) in [6.45, 7) is 1.97. The van der Waals surface area contributed by atoms with Crippen molar-refractivity contribution in [2.75, 3.05) is 12.8 Å². The van der Waals surface area contributed by atoms with E-state index < -0.39 is 0 Å². The maximum absolute atomic E-state index is 12.9. The zero-order chi connectivity index (χ0) is 13.1. The number of benzene rings is 1. The first kappa shape index (κ1) is 12.5. The first-order chi connectivity index (χ1) is 8.61. The summed E-state index contributed by atoms with van der Waals surface area (Å²) in [5, 5.41) is 3.18. The van der Waals surface area contributed by atoms with Gasteiger partial charge in [-0.1, -0.05) is 12.1 Å². The smallest absolute Gasteiger partial charge is 0.128 e. The van der Waals surface area contributed by atoms with Crippen LogP contribution in [0.4, 0.5) is 10.2 Å². The van der Waals surface area contributed by atoms with Gasteiger partial charge >= 0.3 is 0 Å². The van der Waals surface area contributed by atoms with Crippen LogP contribution < -0.4 is 11.1 Å². The predicted molar refractivity (Wildman–Crippen MR) is 70.7 cm³/mol. The molecule has 3 nitrogen and oxygen atoms in total. The number of aryl methyl sites for hydroxylation is 1. The topological polar surface area (TPSA) is 50.9 Å². The molecule has 0 saturated heterocycles. The number of halogens is 1. The number of hydrogen-bond acceptors (Lipinski definition) is 3. The van der Waals surface area contributed by atoms with Crippen molar-refractivity contribution in [3.05, 3.63) is 59.0 Å². The highest BCUT2D eigenvalue weighted by Crippen LogP contribution is 2.26. The molecule has 4 heteroatoms. The number of aromatic nitrogens is 1. The van der Waals surface area contributed by atoms with E-state index in [9.17, 15) is 4.39 Å². The van der Waals surface area contributed by atoms with Crippen molar-refractivity contribution in [2.45, 2.75) is 13.0 Å². The molecule has 1 unspecified atom stereocenters. The lowest BCUT2D eigenvalue weighted by Crippen LogP contribution is -2.19. The third kappa shape index (κ3) is 2.49. The fourth-order valence-electron chi connectivity index (χ4n) is 1.99. The Kier molecular flexibility index (Phi) is 3.58. The highest BCUT2D eigenvalue weighted by molar-refractivity contribution is 5.47. The highest BCUT2D eigenvalue weighted by Gasteiger charge is 2.15. The second-order valence-electron chi connectivity index (χ2n) is 4.26. The lowest BCUT2D eigenvalue weighted by Gasteiger charge is -2.19. The van der Waals surface area contributed by atoms with Crippen molar-refractivity contribution in [2.24, 2.45) is 0 Å². The van der Waals surface area contributed by atoms with Crippen molar-refractivity contribution < 1.29 is 4.39 Å². The van der Waals surface area contributed by atoms with Crippen LogP contribution in [-0.4, -0.2) is 12.0 Å². The standard InChI is InChI=1S/C14H16FN3/c1-9-7-12(14(16)18-8-9)13(17-2)10-3-5-11(15)6-4-10/h3-8,13,17H,1-2H3,(H2,16,18). The first-order valence-corrected chi connectivity index (χ1v) is 5.76. The van der Waals surface area contributed by atoms with Crippen LogP contribution in [0.5, 0.6) is 0 Å². The Morgan fingerprint density at radius 2 is 1.94 bits per heavy atom. The summed E-state index contributed by atoms with van der Waals surface area (Å²) in [6, 6.07) is 8.29. The number of nitrogens with one attached hydrogen (secondary N) is 1. The van der Waals surface area contributed by atoms with Crippen molar-refractivity contribution >= 4 is 5.82 Å². The Hall–Kier alpha value is -1.94. The highest BCUT2D eigenvalue weighted by atomic mass is 19.1. The Bertz CT molecular complexity index is 537. The lowest BCUT2D eigenvalue weighted by molar-refractivity contribution is 0.623. The molecule has 0 aliphatic carbocycles. The van der Waals surface area contributed by atoms with Crippen molar-refractivity contribution in [3.8, 4) is 0 Å². The summed E-state index contributed by atoms with van der Waals surface area (Å²) in [5.74, 6) is 0.244. The van der Waals surface area contributed by atoms with Crippen molar-refractivity contribution in [1.29, 1.82) is 0 Å². The molecule has 1 aromatic heterocycles. The van der Waals surface area contributed by atoms with Gasteiger partial charge in [-0.15, -0.1) is 0 Å². The fourth-order valence-corrected chi connectivity index (χ4v) is 1.99. The minimum absolute atomic E-state index is 0.0852. The van der Waals surface area contributed by atoms with Gasteiger partial charge in [-0.3, -0.25) is 0 Å². The third-order valence-electron chi connectivity index (χ3n) is 2.89. The number of anilines is 1. The second kappa shape index (κ2) is 5.14. The van der Waals surface area contributed by atoms with Gasteiger partial charge in [-0.25, -0.2) is 9.37 Å². The molecular formula is C14H16FN3. The van der Waals surface area contributed by atoms with Crippen molar-refractivity contribution in [1.82, 2.24) is 10.3 Å². The Morgan fingerprint density at radius 1 is 1.28 bits per heavy atom. The molecule has 2 aromatic rings. The van der Waals surface area contributed by atoms with Gasteiger partial charge in [-0.05, 0) is 43.3 Å². The molecule has 0 spiro atoms. The number of rotatable bonds is 3. The minimum Gasteiger partial charge on any atom is -0.383 e. The number of nitrogens with two attached hydrogens (primary N) is 1.